The predicted octanol–water partition coefficient (Wildman–Crippen LogP) is 2.52. The maximum Gasteiger partial charge on any atom is 0.237 e. The van der Waals surface area contributed by atoms with Crippen molar-refractivity contribution in [1.82, 2.24) is 10.2 Å². The van der Waals surface area contributed by atoms with Crippen LogP contribution in [0.25, 0.3) is 0 Å². The lowest BCUT2D eigenvalue weighted by atomic mass is 9.94. The first-order chi connectivity index (χ1) is 9.89. The Morgan fingerprint density at radius 2 is 2.00 bits per heavy atom. The summed E-state index contributed by atoms with van der Waals surface area (Å²) in [5.41, 5.74) is 5.00. The summed E-state index contributed by atoms with van der Waals surface area (Å²) in [6.07, 6.45) is 7.26. The number of nitrogens with one attached hydrogen (secondary N) is 1. The molecule has 0 saturated heterocycles. The van der Waals surface area contributed by atoms with Crippen molar-refractivity contribution in [3.05, 3.63) is 0 Å². The molecule has 1 unspecified atom stereocenters. The van der Waals surface area contributed by atoms with E-state index in [0.29, 0.717) is 5.92 Å². The van der Waals surface area contributed by atoms with Crippen LogP contribution in [0.5, 0.6) is 0 Å². The molecule has 0 heterocycles. The molecule has 1 atom stereocenters. The van der Waals surface area contributed by atoms with Gasteiger partial charge in [-0.25, -0.2) is 0 Å². The molecule has 4 heteroatoms. The molecular weight excluding hydrogens is 262 g/mol. The van der Waals surface area contributed by atoms with E-state index in [1.165, 1.54) is 32.2 Å². The predicted molar refractivity (Wildman–Crippen MR) is 89.2 cm³/mol. The molecule has 3 N–H and O–H groups in total. The van der Waals surface area contributed by atoms with E-state index < -0.39 is 5.54 Å². The average molecular weight is 297 g/mol. The van der Waals surface area contributed by atoms with Crippen molar-refractivity contribution < 1.29 is 4.79 Å². The topological polar surface area (TPSA) is 58.4 Å². The van der Waals surface area contributed by atoms with Gasteiger partial charge in [-0.1, -0.05) is 33.6 Å². The highest BCUT2D eigenvalue weighted by Gasteiger charge is 2.30. The van der Waals surface area contributed by atoms with Crippen LogP contribution >= 0.6 is 0 Å². The Hall–Kier alpha value is -0.610. The molecule has 1 rings (SSSR count). The number of nitrogens with zero attached hydrogens (tertiary/aromatic N) is 1. The molecule has 1 aliphatic rings. The number of likely N-dealkylation sites (N-methyl/N-ethyl adjacent to an activating group) is 1. The third-order valence-electron chi connectivity index (χ3n) is 4.67. The molecule has 1 fully saturated rings. The number of hydrogen-bond acceptors (Lipinski definition) is 3. The van der Waals surface area contributed by atoms with Crippen molar-refractivity contribution in [3.8, 4) is 0 Å². The Bertz CT molecular complexity index is 313. The fraction of sp³-hybridized carbons (Fsp3) is 0.941. The fourth-order valence-electron chi connectivity index (χ4n) is 3.49. The van der Waals surface area contributed by atoms with Gasteiger partial charge >= 0.3 is 0 Å². The van der Waals surface area contributed by atoms with E-state index in [4.69, 9.17) is 5.73 Å². The molecule has 21 heavy (non-hydrogen) atoms. The van der Waals surface area contributed by atoms with Gasteiger partial charge in [-0.15, -0.1) is 0 Å². The van der Waals surface area contributed by atoms with E-state index in [-0.39, 0.29) is 5.91 Å². The van der Waals surface area contributed by atoms with Crippen molar-refractivity contribution in [2.24, 2.45) is 11.7 Å². The van der Waals surface area contributed by atoms with Crippen molar-refractivity contribution in [2.45, 2.75) is 77.8 Å². The summed E-state index contributed by atoms with van der Waals surface area (Å²) in [5.74, 6) is 0.461. The Balaban J connectivity index is 2.49. The quantitative estimate of drug-likeness (QED) is 0.651. The first-order valence-electron chi connectivity index (χ1n) is 8.68. The van der Waals surface area contributed by atoms with Gasteiger partial charge in [0.2, 0.25) is 5.91 Å². The van der Waals surface area contributed by atoms with E-state index in [1.54, 1.807) is 0 Å². The van der Waals surface area contributed by atoms with Gasteiger partial charge in [-0.2, -0.15) is 0 Å². The second kappa shape index (κ2) is 8.74. The van der Waals surface area contributed by atoms with Crippen molar-refractivity contribution in [3.63, 3.8) is 0 Å². The summed E-state index contributed by atoms with van der Waals surface area (Å²) < 4.78 is 0. The molecule has 0 aromatic carbocycles. The number of carbonyl (C=O) groups excluding carboxylic acids is 1. The monoisotopic (exact) mass is 297 g/mol. The molecule has 0 aromatic rings. The second-order valence-corrected chi connectivity index (χ2v) is 7.16. The molecular formula is C17H35N3O. The minimum Gasteiger partial charge on any atom is -0.368 e. The zero-order valence-electron chi connectivity index (χ0n) is 14.5. The van der Waals surface area contributed by atoms with E-state index in [1.807, 2.05) is 13.8 Å². The number of nitrogens with two attached hydrogens (primary N) is 1. The summed E-state index contributed by atoms with van der Waals surface area (Å²) in [7, 11) is 0. The lowest BCUT2D eigenvalue weighted by Crippen LogP contribution is -2.53. The fourth-order valence-corrected chi connectivity index (χ4v) is 3.49. The van der Waals surface area contributed by atoms with E-state index >= 15 is 0 Å². The molecule has 0 aliphatic heterocycles. The van der Waals surface area contributed by atoms with Crippen LogP contribution in [0.1, 0.15) is 66.2 Å². The third kappa shape index (κ3) is 5.95. The van der Waals surface area contributed by atoms with Crippen LogP contribution in [-0.2, 0) is 4.79 Å². The van der Waals surface area contributed by atoms with Crippen LogP contribution < -0.4 is 11.1 Å². The van der Waals surface area contributed by atoms with E-state index in [0.717, 1.165) is 32.0 Å². The van der Waals surface area contributed by atoms with Gasteiger partial charge in [-0.05, 0) is 51.6 Å². The summed E-state index contributed by atoms with van der Waals surface area (Å²) in [4.78, 5) is 14.3. The normalized spacial score (nSPS) is 19.3. The third-order valence-corrected chi connectivity index (χ3v) is 4.67. The first kappa shape index (κ1) is 18.4. The highest BCUT2D eigenvalue weighted by atomic mass is 16.1. The minimum absolute atomic E-state index is 0.236. The smallest absolute Gasteiger partial charge is 0.237 e. The number of primary amides is 1. The first-order valence-corrected chi connectivity index (χ1v) is 8.68. The van der Waals surface area contributed by atoms with Crippen LogP contribution in [0.2, 0.25) is 0 Å². The van der Waals surface area contributed by atoms with Crippen molar-refractivity contribution >= 4 is 5.91 Å². The van der Waals surface area contributed by atoms with Gasteiger partial charge < -0.3 is 16.0 Å². The highest BCUT2D eigenvalue weighted by Crippen LogP contribution is 2.25. The molecule has 1 saturated carbocycles. The molecule has 0 aromatic heterocycles. The standard InChI is InChI=1S/C17H35N3O/c1-5-19-17(4,16(18)21)11-8-12-20(13-14(2)3)15-9-6-7-10-15/h14-15,19H,5-13H2,1-4H3,(H2,18,21). The van der Waals surface area contributed by atoms with Crippen molar-refractivity contribution in [1.29, 1.82) is 0 Å². The number of carbonyl (C=O) groups is 1. The minimum atomic E-state index is -0.562. The molecule has 0 bridgehead atoms. The Morgan fingerprint density at radius 3 is 2.48 bits per heavy atom. The summed E-state index contributed by atoms with van der Waals surface area (Å²) >= 11 is 0. The highest BCUT2D eigenvalue weighted by molar-refractivity contribution is 5.84. The largest absolute Gasteiger partial charge is 0.368 e. The van der Waals surface area contributed by atoms with Gasteiger partial charge in [0.1, 0.15) is 0 Å². The number of rotatable bonds is 10. The Labute approximate surface area is 130 Å². The van der Waals surface area contributed by atoms with Gasteiger partial charge in [-0.3, -0.25) is 4.79 Å². The Kier molecular flexibility index (Phi) is 7.67. The van der Waals surface area contributed by atoms with Crippen LogP contribution in [0, 0.1) is 5.92 Å². The van der Waals surface area contributed by atoms with Crippen LogP contribution in [0.3, 0.4) is 0 Å². The number of hydrogen-bond donors (Lipinski definition) is 2. The van der Waals surface area contributed by atoms with E-state index in [9.17, 15) is 4.79 Å². The second-order valence-electron chi connectivity index (χ2n) is 7.16. The molecule has 4 nitrogen and oxygen atoms in total. The van der Waals surface area contributed by atoms with E-state index in [2.05, 4.69) is 24.1 Å². The lowest BCUT2D eigenvalue weighted by molar-refractivity contribution is -0.124. The summed E-state index contributed by atoms with van der Waals surface area (Å²) in [6, 6.07) is 0.756. The molecule has 1 aliphatic carbocycles. The maximum atomic E-state index is 11.7. The summed E-state index contributed by atoms with van der Waals surface area (Å²) in [6.45, 7) is 11.5. The molecule has 0 radical (unpaired) electrons. The van der Waals surface area contributed by atoms with Gasteiger partial charge in [0.25, 0.3) is 0 Å². The van der Waals surface area contributed by atoms with Gasteiger partial charge in [0.15, 0.2) is 0 Å². The molecule has 1 amide bonds. The van der Waals surface area contributed by atoms with Gasteiger partial charge in [0, 0.05) is 12.6 Å². The zero-order chi connectivity index (χ0) is 15.9. The lowest BCUT2D eigenvalue weighted by Gasteiger charge is -2.32. The summed E-state index contributed by atoms with van der Waals surface area (Å²) in [5, 5.41) is 3.25. The van der Waals surface area contributed by atoms with Crippen LogP contribution in [0.4, 0.5) is 0 Å². The van der Waals surface area contributed by atoms with Gasteiger partial charge in [0.05, 0.1) is 5.54 Å². The maximum absolute atomic E-state index is 11.7. The Morgan fingerprint density at radius 1 is 1.38 bits per heavy atom. The molecule has 124 valence electrons. The average Bonchev–Trinajstić information content (AvgIpc) is 2.91. The van der Waals surface area contributed by atoms with Crippen LogP contribution in [-0.4, -0.2) is 42.0 Å². The molecule has 0 spiro atoms. The number of amides is 1. The SMILES string of the molecule is CCNC(C)(CCCN(CC(C)C)C1CCCC1)C(N)=O. The van der Waals surface area contributed by atoms with Crippen LogP contribution in [0.15, 0.2) is 0 Å². The van der Waals surface area contributed by atoms with Crippen molar-refractivity contribution in [2.75, 3.05) is 19.6 Å². The zero-order valence-corrected chi connectivity index (χ0v) is 14.5.